The van der Waals surface area contributed by atoms with Crippen LogP contribution in [0.25, 0.3) is 0 Å². The summed E-state index contributed by atoms with van der Waals surface area (Å²) < 4.78 is 12.6. The number of hydrogen-bond acceptors (Lipinski definition) is 6. The zero-order valence-electron chi connectivity index (χ0n) is 19.3. The Kier molecular flexibility index (Phi) is 9.39. The SMILES string of the molecule is CCOC(=O)N1CCC(NC(=NCCc2ccco2)NC2CCc3nc(C)nn3C2)CC1.I. The molecule has 1 saturated heterocycles. The third kappa shape index (κ3) is 7.08. The molecule has 1 atom stereocenters. The van der Waals surface area contributed by atoms with E-state index in [9.17, 15) is 4.79 Å². The van der Waals surface area contributed by atoms with Crippen LogP contribution in [0, 0.1) is 6.92 Å². The molecule has 1 fully saturated rings. The highest BCUT2D eigenvalue weighted by Crippen LogP contribution is 2.14. The van der Waals surface area contributed by atoms with Crippen molar-refractivity contribution in [1.29, 1.82) is 0 Å². The van der Waals surface area contributed by atoms with Crippen LogP contribution < -0.4 is 10.6 Å². The normalized spacial score (nSPS) is 18.9. The molecule has 1 unspecified atom stereocenters. The molecule has 4 rings (SSSR count). The average molecular weight is 571 g/mol. The molecule has 0 aromatic carbocycles. The maximum Gasteiger partial charge on any atom is 0.409 e. The van der Waals surface area contributed by atoms with Gasteiger partial charge in [0.1, 0.15) is 17.4 Å². The number of halogens is 1. The number of carbonyl (C=O) groups excluding carboxylic acids is 1. The first kappa shape index (κ1) is 25.3. The molecule has 1 amide bonds. The Morgan fingerprint density at radius 3 is 2.79 bits per heavy atom. The van der Waals surface area contributed by atoms with Crippen LogP contribution in [0.5, 0.6) is 0 Å². The topological polar surface area (TPSA) is 110 Å². The molecular weight excluding hydrogens is 537 g/mol. The molecule has 0 bridgehead atoms. The summed E-state index contributed by atoms with van der Waals surface area (Å²) in [7, 11) is 0. The highest BCUT2D eigenvalue weighted by molar-refractivity contribution is 14.0. The smallest absolute Gasteiger partial charge is 0.409 e. The number of fused-ring (bicyclic) bond motifs is 1. The number of rotatable bonds is 6. The van der Waals surface area contributed by atoms with Crippen molar-refractivity contribution in [2.24, 2.45) is 4.99 Å². The van der Waals surface area contributed by atoms with Gasteiger partial charge in [-0.15, -0.1) is 24.0 Å². The second kappa shape index (κ2) is 12.2. The molecule has 33 heavy (non-hydrogen) atoms. The maximum atomic E-state index is 12.0. The number of likely N-dealkylation sites (tertiary alicyclic amines) is 1. The van der Waals surface area contributed by atoms with Gasteiger partial charge in [0.05, 0.1) is 19.4 Å². The minimum atomic E-state index is -0.224. The summed E-state index contributed by atoms with van der Waals surface area (Å²) in [6.45, 7) is 6.93. The highest BCUT2D eigenvalue weighted by Gasteiger charge is 2.26. The van der Waals surface area contributed by atoms with Crippen LogP contribution in [-0.2, 0) is 24.1 Å². The first-order valence-electron chi connectivity index (χ1n) is 11.5. The molecule has 0 spiro atoms. The van der Waals surface area contributed by atoms with Crippen molar-refractivity contribution in [3.63, 3.8) is 0 Å². The summed E-state index contributed by atoms with van der Waals surface area (Å²) in [5, 5.41) is 11.7. The molecule has 2 aliphatic rings. The summed E-state index contributed by atoms with van der Waals surface area (Å²) in [5.74, 6) is 3.60. The molecule has 4 heterocycles. The van der Waals surface area contributed by atoms with E-state index in [0.717, 1.165) is 62.0 Å². The Labute approximate surface area is 211 Å². The molecule has 0 aliphatic carbocycles. The van der Waals surface area contributed by atoms with Gasteiger partial charge in [-0.05, 0) is 45.2 Å². The molecule has 0 saturated carbocycles. The van der Waals surface area contributed by atoms with Crippen molar-refractivity contribution in [2.75, 3.05) is 26.2 Å². The van der Waals surface area contributed by atoms with Gasteiger partial charge in [0, 0.05) is 44.6 Å². The number of aryl methyl sites for hydroxylation is 2. The van der Waals surface area contributed by atoms with Crippen LogP contribution in [0.4, 0.5) is 4.79 Å². The van der Waals surface area contributed by atoms with E-state index in [1.54, 1.807) is 11.2 Å². The third-order valence-electron chi connectivity index (χ3n) is 5.87. The summed E-state index contributed by atoms with van der Waals surface area (Å²) in [6, 6.07) is 4.35. The number of aliphatic imine (C=N–C) groups is 1. The number of amides is 1. The molecular formula is C22H34IN7O3. The number of carbonyl (C=O) groups is 1. The van der Waals surface area contributed by atoms with Crippen molar-refractivity contribution < 1.29 is 13.9 Å². The van der Waals surface area contributed by atoms with E-state index in [0.29, 0.717) is 26.2 Å². The molecule has 11 heteroatoms. The van der Waals surface area contributed by atoms with Gasteiger partial charge >= 0.3 is 6.09 Å². The Bertz CT molecular complexity index is 907. The van der Waals surface area contributed by atoms with Gasteiger partial charge in [-0.2, -0.15) is 5.10 Å². The number of furan rings is 1. The van der Waals surface area contributed by atoms with Crippen molar-refractivity contribution in [2.45, 2.75) is 64.6 Å². The lowest BCUT2D eigenvalue weighted by atomic mass is 10.1. The molecule has 2 N–H and O–H groups in total. The number of ether oxygens (including phenoxy) is 1. The zero-order valence-corrected chi connectivity index (χ0v) is 21.7. The quantitative estimate of drug-likeness (QED) is 0.312. The van der Waals surface area contributed by atoms with Gasteiger partial charge < -0.3 is 24.7 Å². The predicted molar refractivity (Wildman–Crippen MR) is 135 cm³/mol. The lowest BCUT2D eigenvalue weighted by Crippen LogP contribution is -2.53. The number of nitrogens with one attached hydrogen (secondary N) is 2. The summed E-state index contributed by atoms with van der Waals surface area (Å²) in [6.07, 6.45) is 5.81. The Morgan fingerprint density at radius 1 is 1.27 bits per heavy atom. The number of nitrogens with zero attached hydrogens (tertiary/aromatic N) is 5. The Hall–Kier alpha value is -2.31. The van der Waals surface area contributed by atoms with Crippen molar-refractivity contribution in [1.82, 2.24) is 30.3 Å². The van der Waals surface area contributed by atoms with E-state index >= 15 is 0 Å². The second-order valence-electron chi connectivity index (χ2n) is 8.30. The van der Waals surface area contributed by atoms with Crippen molar-refractivity contribution in [3.05, 3.63) is 35.8 Å². The molecule has 182 valence electrons. The van der Waals surface area contributed by atoms with Crippen LogP contribution >= 0.6 is 24.0 Å². The van der Waals surface area contributed by atoms with Crippen LogP contribution in [0.2, 0.25) is 0 Å². The fraction of sp³-hybridized carbons (Fsp3) is 0.636. The van der Waals surface area contributed by atoms with E-state index < -0.39 is 0 Å². The lowest BCUT2D eigenvalue weighted by Gasteiger charge is -2.33. The first-order chi connectivity index (χ1) is 15.6. The molecule has 10 nitrogen and oxygen atoms in total. The molecule has 2 aromatic heterocycles. The largest absolute Gasteiger partial charge is 0.469 e. The van der Waals surface area contributed by atoms with E-state index in [2.05, 4.69) is 20.7 Å². The number of guanidine groups is 1. The highest BCUT2D eigenvalue weighted by atomic mass is 127. The average Bonchev–Trinajstić information content (AvgIpc) is 3.42. The van der Waals surface area contributed by atoms with Gasteiger partial charge in [0.15, 0.2) is 5.96 Å². The minimum Gasteiger partial charge on any atom is -0.469 e. The second-order valence-corrected chi connectivity index (χ2v) is 8.30. The van der Waals surface area contributed by atoms with Crippen LogP contribution in [0.1, 0.15) is 43.6 Å². The third-order valence-corrected chi connectivity index (χ3v) is 5.87. The monoisotopic (exact) mass is 571 g/mol. The lowest BCUT2D eigenvalue weighted by molar-refractivity contribution is 0.0963. The molecule has 2 aromatic rings. The van der Waals surface area contributed by atoms with Crippen LogP contribution in [0.15, 0.2) is 27.8 Å². The fourth-order valence-corrected chi connectivity index (χ4v) is 4.23. The zero-order chi connectivity index (χ0) is 22.3. The number of piperidine rings is 1. The van der Waals surface area contributed by atoms with Crippen molar-refractivity contribution in [3.8, 4) is 0 Å². The molecule has 2 aliphatic heterocycles. The molecule has 0 radical (unpaired) electrons. The standard InChI is InChI=1S/C22H33N7O3.HI/c1-3-31-22(30)28-12-9-17(10-13-28)25-21(23-11-8-19-5-4-14-32-19)26-18-6-7-20-24-16(2)27-29(20)15-18;/h4-5,14,17-18H,3,6-13,15H2,1-2H3,(H2,23,25,26);1H. The van der Waals surface area contributed by atoms with Crippen LogP contribution in [0.3, 0.4) is 0 Å². The van der Waals surface area contributed by atoms with E-state index in [1.165, 1.54) is 0 Å². The van der Waals surface area contributed by atoms with E-state index in [-0.39, 0.29) is 42.2 Å². The van der Waals surface area contributed by atoms with Gasteiger partial charge in [-0.1, -0.05) is 0 Å². The van der Waals surface area contributed by atoms with Gasteiger partial charge in [-0.3, -0.25) is 4.99 Å². The number of hydrogen-bond donors (Lipinski definition) is 2. The summed E-state index contributed by atoms with van der Waals surface area (Å²) in [4.78, 5) is 23.1. The van der Waals surface area contributed by atoms with Crippen molar-refractivity contribution >= 4 is 36.0 Å². The van der Waals surface area contributed by atoms with Gasteiger partial charge in [0.2, 0.25) is 0 Å². The first-order valence-corrected chi connectivity index (χ1v) is 11.5. The van der Waals surface area contributed by atoms with Gasteiger partial charge in [-0.25, -0.2) is 14.5 Å². The number of aromatic nitrogens is 3. The van der Waals surface area contributed by atoms with E-state index in [1.807, 2.05) is 30.7 Å². The van der Waals surface area contributed by atoms with E-state index in [4.69, 9.17) is 14.1 Å². The predicted octanol–water partition coefficient (Wildman–Crippen LogP) is 2.51. The summed E-state index contributed by atoms with van der Waals surface area (Å²) >= 11 is 0. The minimum absolute atomic E-state index is 0. The van der Waals surface area contributed by atoms with Crippen LogP contribution in [-0.4, -0.2) is 70.0 Å². The Balaban J connectivity index is 0.00000306. The van der Waals surface area contributed by atoms with Gasteiger partial charge in [0.25, 0.3) is 0 Å². The maximum absolute atomic E-state index is 12.0. The summed E-state index contributed by atoms with van der Waals surface area (Å²) in [5.41, 5.74) is 0. The fourth-order valence-electron chi connectivity index (χ4n) is 4.23. The Morgan fingerprint density at radius 2 is 2.06 bits per heavy atom.